The number of morpholine rings is 1. The predicted molar refractivity (Wildman–Crippen MR) is 116 cm³/mol. The van der Waals surface area contributed by atoms with Crippen molar-refractivity contribution in [2.45, 2.75) is 26.4 Å². The molecule has 168 valence electrons. The van der Waals surface area contributed by atoms with Gasteiger partial charge in [0.25, 0.3) is 5.91 Å². The lowest BCUT2D eigenvalue weighted by molar-refractivity contribution is 0.0689. The summed E-state index contributed by atoms with van der Waals surface area (Å²) in [6.07, 6.45) is 0. The van der Waals surface area contributed by atoms with Crippen LogP contribution < -0.4 is 4.90 Å². The van der Waals surface area contributed by atoms with Gasteiger partial charge in [-0.1, -0.05) is 11.2 Å². The molecule has 1 aliphatic heterocycles. The van der Waals surface area contributed by atoms with Crippen molar-refractivity contribution in [2.24, 2.45) is 0 Å². The van der Waals surface area contributed by atoms with E-state index in [2.05, 4.69) is 5.16 Å². The number of hydrogen-bond acceptors (Lipinski definition) is 5. The highest BCUT2D eigenvalue weighted by Crippen LogP contribution is 2.34. The molecule has 2 heterocycles. The summed E-state index contributed by atoms with van der Waals surface area (Å²) in [6, 6.07) is 11.5. The second-order valence-electron chi connectivity index (χ2n) is 7.96. The van der Waals surface area contributed by atoms with Gasteiger partial charge in [0.15, 0.2) is 0 Å². The Morgan fingerprint density at radius 1 is 1.09 bits per heavy atom. The first-order chi connectivity index (χ1) is 15.4. The zero-order chi connectivity index (χ0) is 22.7. The molecule has 8 heteroatoms. The molecule has 32 heavy (non-hydrogen) atoms. The molecule has 0 bridgehead atoms. The number of ether oxygens (including phenoxy) is 1. The van der Waals surface area contributed by atoms with E-state index < -0.39 is 5.82 Å². The van der Waals surface area contributed by atoms with E-state index in [1.54, 1.807) is 23.1 Å². The number of carbonyl (C=O) groups excluding carboxylic acids is 1. The summed E-state index contributed by atoms with van der Waals surface area (Å²) in [6.45, 7) is 6.38. The van der Waals surface area contributed by atoms with Crippen molar-refractivity contribution >= 4 is 11.8 Å². The number of nitrogens with zero attached hydrogens (tertiary/aromatic N) is 3. The fraction of sp³-hybridized carbons (Fsp3) is 0.333. The van der Waals surface area contributed by atoms with E-state index >= 15 is 0 Å². The number of hydrogen-bond donors (Lipinski definition) is 0. The molecule has 1 amide bonds. The maximum absolute atomic E-state index is 13.7. The number of amides is 1. The topological polar surface area (TPSA) is 58.8 Å². The van der Waals surface area contributed by atoms with Crippen LogP contribution in [0.1, 0.15) is 29.8 Å². The van der Waals surface area contributed by atoms with Gasteiger partial charge in [-0.05, 0) is 56.3 Å². The maximum Gasteiger partial charge on any atom is 0.254 e. The molecule has 0 spiro atoms. The van der Waals surface area contributed by atoms with Crippen LogP contribution in [0.2, 0.25) is 0 Å². The summed E-state index contributed by atoms with van der Waals surface area (Å²) in [4.78, 5) is 17.0. The zero-order valence-electron chi connectivity index (χ0n) is 18.1. The van der Waals surface area contributed by atoms with Gasteiger partial charge >= 0.3 is 0 Å². The molecule has 6 nitrogen and oxygen atoms in total. The molecule has 0 N–H and O–H groups in total. The van der Waals surface area contributed by atoms with Crippen molar-refractivity contribution in [2.75, 3.05) is 31.2 Å². The Balaban J connectivity index is 1.74. The van der Waals surface area contributed by atoms with Gasteiger partial charge in [-0.2, -0.15) is 0 Å². The number of aromatic nitrogens is 1. The van der Waals surface area contributed by atoms with E-state index in [0.717, 1.165) is 5.56 Å². The van der Waals surface area contributed by atoms with Crippen LogP contribution in [0.25, 0.3) is 11.3 Å². The number of carbonyl (C=O) groups is 1. The monoisotopic (exact) mass is 441 g/mol. The number of rotatable bonds is 6. The molecular formula is C24H25F2N3O3. The van der Waals surface area contributed by atoms with E-state index in [0.29, 0.717) is 43.4 Å². The molecule has 0 saturated carbocycles. The molecule has 0 aliphatic carbocycles. The Bertz CT molecular complexity index is 1080. The van der Waals surface area contributed by atoms with E-state index in [1.165, 1.54) is 30.3 Å². The Hall–Kier alpha value is -3.26. The minimum absolute atomic E-state index is 0.167. The van der Waals surface area contributed by atoms with Gasteiger partial charge in [0, 0.05) is 30.3 Å². The van der Waals surface area contributed by atoms with Gasteiger partial charge in [-0.25, -0.2) is 8.78 Å². The molecule has 1 aliphatic rings. The van der Waals surface area contributed by atoms with Crippen LogP contribution in [0.4, 0.5) is 14.7 Å². The third-order valence-electron chi connectivity index (χ3n) is 5.47. The maximum atomic E-state index is 13.7. The van der Waals surface area contributed by atoms with Crippen LogP contribution in [-0.4, -0.2) is 48.3 Å². The molecule has 1 saturated heterocycles. The number of benzene rings is 2. The third kappa shape index (κ3) is 4.65. The summed E-state index contributed by atoms with van der Waals surface area (Å²) in [5.41, 5.74) is 2.22. The van der Waals surface area contributed by atoms with Gasteiger partial charge in [0.05, 0.1) is 25.3 Å². The first-order valence-corrected chi connectivity index (χ1v) is 10.6. The van der Waals surface area contributed by atoms with Crippen LogP contribution >= 0.6 is 0 Å². The Labute approximate surface area is 185 Å². The second-order valence-corrected chi connectivity index (χ2v) is 7.96. The quantitative estimate of drug-likeness (QED) is 0.564. The molecular weight excluding hydrogens is 416 g/mol. The number of anilines is 1. The molecule has 4 rings (SSSR count). The molecule has 0 unspecified atom stereocenters. The molecule has 0 atom stereocenters. The molecule has 2 aromatic carbocycles. The lowest BCUT2D eigenvalue weighted by atomic mass is 10.0. The van der Waals surface area contributed by atoms with Crippen LogP contribution in [0.15, 0.2) is 53.1 Å². The normalized spacial score (nSPS) is 14.1. The van der Waals surface area contributed by atoms with E-state index in [-0.39, 0.29) is 29.9 Å². The summed E-state index contributed by atoms with van der Waals surface area (Å²) in [5.74, 6) is -0.549. The summed E-state index contributed by atoms with van der Waals surface area (Å²) in [5, 5.41) is 4.27. The van der Waals surface area contributed by atoms with Crippen molar-refractivity contribution < 1.29 is 22.8 Å². The van der Waals surface area contributed by atoms with Crippen molar-refractivity contribution in [1.29, 1.82) is 0 Å². The fourth-order valence-corrected chi connectivity index (χ4v) is 3.74. The van der Waals surface area contributed by atoms with Crippen molar-refractivity contribution in [3.05, 3.63) is 71.3 Å². The van der Waals surface area contributed by atoms with Crippen molar-refractivity contribution in [3.8, 4) is 11.3 Å². The third-order valence-corrected chi connectivity index (χ3v) is 5.47. The Morgan fingerprint density at radius 3 is 2.47 bits per heavy atom. The first kappa shape index (κ1) is 22.0. The van der Waals surface area contributed by atoms with Crippen molar-refractivity contribution in [1.82, 2.24) is 10.1 Å². The van der Waals surface area contributed by atoms with Gasteiger partial charge in [0.1, 0.15) is 17.3 Å². The second kappa shape index (κ2) is 9.48. The lowest BCUT2D eigenvalue weighted by Gasteiger charge is -2.30. The molecule has 1 fully saturated rings. The predicted octanol–water partition coefficient (Wildman–Crippen LogP) is 4.51. The minimum Gasteiger partial charge on any atom is -0.378 e. The SMILES string of the molecule is CC(C)N(Cc1c(-c2ccc(F)cc2)noc1N1CCOCC1)C(=O)c1cccc(F)c1. The summed E-state index contributed by atoms with van der Waals surface area (Å²) in [7, 11) is 0. The van der Waals surface area contributed by atoms with E-state index in [4.69, 9.17) is 9.26 Å². The zero-order valence-corrected chi connectivity index (χ0v) is 18.1. The first-order valence-electron chi connectivity index (χ1n) is 10.6. The highest BCUT2D eigenvalue weighted by atomic mass is 19.1. The van der Waals surface area contributed by atoms with Crippen LogP contribution in [0.5, 0.6) is 0 Å². The largest absolute Gasteiger partial charge is 0.378 e. The van der Waals surface area contributed by atoms with Gasteiger partial charge in [-0.3, -0.25) is 4.79 Å². The summed E-state index contributed by atoms with van der Waals surface area (Å²) >= 11 is 0. The highest BCUT2D eigenvalue weighted by molar-refractivity contribution is 5.94. The van der Waals surface area contributed by atoms with Crippen LogP contribution in [-0.2, 0) is 11.3 Å². The standard InChI is InChI=1S/C24H25F2N3O3/c1-16(2)29(23(30)18-4-3-5-20(26)14-18)15-21-22(17-6-8-19(25)9-7-17)27-32-24(21)28-10-12-31-13-11-28/h3-9,14,16H,10-13,15H2,1-2H3. The Kier molecular flexibility index (Phi) is 6.50. The average molecular weight is 441 g/mol. The van der Waals surface area contributed by atoms with Crippen molar-refractivity contribution in [3.63, 3.8) is 0 Å². The molecule has 0 radical (unpaired) electrons. The molecule has 3 aromatic rings. The lowest BCUT2D eigenvalue weighted by Crippen LogP contribution is -2.39. The van der Waals surface area contributed by atoms with Gasteiger partial charge < -0.3 is 19.1 Å². The van der Waals surface area contributed by atoms with Crippen LogP contribution in [0.3, 0.4) is 0 Å². The smallest absolute Gasteiger partial charge is 0.254 e. The van der Waals surface area contributed by atoms with Gasteiger partial charge in [0.2, 0.25) is 5.88 Å². The number of halogens is 2. The van der Waals surface area contributed by atoms with Gasteiger partial charge in [-0.15, -0.1) is 0 Å². The summed E-state index contributed by atoms with van der Waals surface area (Å²) < 4.78 is 38.4. The minimum atomic E-state index is -0.467. The van der Waals surface area contributed by atoms with Crippen LogP contribution in [0, 0.1) is 11.6 Å². The fourth-order valence-electron chi connectivity index (χ4n) is 3.74. The molecule has 1 aromatic heterocycles. The average Bonchev–Trinajstić information content (AvgIpc) is 3.21. The van der Waals surface area contributed by atoms with E-state index in [9.17, 15) is 13.6 Å². The Morgan fingerprint density at radius 2 is 1.81 bits per heavy atom. The van der Waals surface area contributed by atoms with E-state index in [1.807, 2.05) is 18.7 Å². The highest BCUT2D eigenvalue weighted by Gasteiger charge is 2.28.